The number of aromatic nitrogens is 2. The molecule has 3 aromatic rings. The molecule has 0 fully saturated rings. The zero-order valence-corrected chi connectivity index (χ0v) is 12.5. The van der Waals surface area contributed by atoms with Crippen LogP contribution in [0.4, 0.5) is 17.5 Å². The molecule has 5 nitrogen and oxygen atoms in total. The Hall–Kier alpha value is -2.66. The number of aliphatic hydroxyl groups is 1. The Balaban J connectivity index is 1.98. The molecule has 3 rings (SSSR count). The van der Waals surface area contributed by atoms with Crippen molar-refractivity contribution in [3.63, 3.8) is 0 Å². The number of hydrogen-bond acceptors (Lipinski definition) is 5. The van der Waals surface area contributed by atoms with Gasteiger partial charge in [0.2, 0.25) is 5.95 Å². The third-order valence-electron chi connectivity index (χ3n) is 3.47. The molecule has 3 N–H and O–H groups in total. The summed E-state index contributed by atoms with van der Waals surface area (Å²) in [5, 5.41) is 16.9. The van der Waals surface area contributed by atoms with E-state index in [1.165, 1.54) is 0 Å². The van der Waals surface area contributed by atoms with Crippen molar-refractivity contribution < 1.29 is 5.11 Å². The van der Waals surface area contributed by atoms with Gasteiger partial charge in [-0.05, 0) is 36.8 Å². The monoisotopic (exact) mass is 294 g/mol. The first-order valence-corrected chi connectivity index (χ1v) is 7.17. The number of hydrogen-bond donors (Lipinski definition) is 3. The fourth-order valence-corrected chi connectivity index (χ4v) is 2.33. The molecule has 112 valence electrons. The van der Waals surface area contributed by atoms with Crippen LogP contribution in [0.3, 0.4) is 0 Å². The molecule has 5 heteroatoms. The molecule has 0 saturated carbocycles. The van der Waals surface area contributed by atoms with E-state index in [1.807, 2.05) is 55.6 Å². The molecule has 0 aliphatic rings. The lowest BCUT2D eigenvalue weighted by molar-refractivity contribution is 0.199. The summed E-state index contributed by atoms with van der Waals surface area (Å²) in [4.78, 5) is 9.02. The Bertz CT molecular complexity index is 802. The van der Waals surface area contributed by atoms with Crippen LogP contribution < -0.4 is 10.6 Å². The van der Waals surface area contributed by atoms with Crippen LogP contribution in [0.5, 0.6) is 0 Å². The van der Waals surface area contributed by atoms with E-state index in [1.54, 1.807) is 6.92 Å². The van der Waals surface area contributed by atoms with Crippen molar-refractivity contribution in [2.75, 3.05) is 17.7 Å². The molecule has 0 saturated heterocycles. The number of anilines is 3. The van der Waals surface area contributed by atoms with E-state index in [-0.39, 0.29) is 0 Å². The lowest BCUT2D eigenvalue weighted by Crippen LogP contribution is -2.02. The summed E-state index contributed by atoms with van der Waals surface area (Å²) in [6.45, 7) is 1.74. The Morgan fingerprint density at radius 1 is 1.05 bits per heavy atom. The van der Waals surface area contributed by atoms with Crippen molar-refractivity contribution >= 4 is 28.4 Å². The topological polar surface area (TPSA) is 70.1 Å². The molecule has 1 aromatic heterocycles. The third-order valence-corrected chi connectivity index (χ3v) is 3.47. The summed E-state index contributed by atoms with van der Waals surface area (Å²) in [5.74, 6) is 1.30. The molecule has 1 heterocycles. The number of nitrogens with zero attached hydrogens (tertiary/aromatic N) is 2. The maximum atomic E-state index is 9.67. The fraction of sp³-hybridized carbons (Fsp3) is 0.176. The highest BCUT2D eigenvalue weighted by Gasteiger charge is 2.07. The highest BCUT2D eigenvalue weighted by Crippen LogP contribution is 2.24. The summed E-state index contributed by atoms with van der Waals surface area (Å²) in [6, 6.07) is 15.4. The van der Waals surface area contributed by atoms with Crippen LogP contribution in [0.1, 0.15) is 18.6 Å². The Morgan fingerprint density at radius 2 is 1.86 bits per heavy atom. The number of rotatable bonds is 4. The number of para-hydroxylation sites is 1. The predicted molar refractivity (Wildman–Crippen MR) is 89.4 cm³/mol. The first-order valence-electron chi connectivity index (χ1n) is 7.17. The minimum atomic E-state index is -0.507. The van der Waals surface area contributed by atoms with E-state index < -0.39 is 6.10 Å². The van der Waals surface area contributed by atoms with E-state index in [0.29, 0.717) is 5.95 Å². The quantitative estimate of drug-likeness (QED) is 0.687. The van der Waals surface area contributed by atoms with Gasteiger partial charge in [0.25, 0.3) is 0 Å². The van der Waals surface area contributed by atoms with Crippen molar-refractivity contribution in [3.8, 4) is 0 Å². The highest BCUT2D eigenvalue weighted by molar-refractivity contribution is 5.90. The number of aliphatic hydroxyl groups excluding tert-OH is 1. The SMILES string of the molecule is CNc1nc(Nc2cccc([C@H](C)O)c2)nc2ccccc12. The van der Waals surface area contributed by atoms with Gasteiger partial charge in [0, 0.05) is 18.1 Å². The minimum absolute atomic E-state index is 0.507. The van der Waals surface area contributed by atoms with Crippen molar-refractivity contribution in [1.82, 2.24) is 9.97 Å². The van der Waals surface area contributed by atoms with Crippen molar-refractivity contribution in [3.05, 3.63) is 54.1 Å². The largest absolute Gasteiger partial charge is 0.389 e. The van der Waals surface area contributed by atoms with Gasteiger partial charge < -0.3 is 15.7 Å². The molecule has 22 heavy (non-hydrogen) atoms. The summed E-state index contributed by atoms with van der Waals surface area (Å²) in [7, 11) is 1.84. The molecule has 0 aliphatic heterocycles. The molecule has 0 unspecified atom stereocenters. The van der Waals surface area contributed by atoms with Gasteiger partial charge in [0.05, 0.1) is 11.6 Å². The molecular weight excluding hydrogens is 276 g/mol. The second-order valence-electron chi connectivity index (χ2n) is 5.09. The summed E-state index contributed by atoms with van der Waals surface area (Å²) in [6.07, 6.45) is -0.507. The van der Waals surface area contributed by atoms with Gasteiger partial charge in [-0.25, -0.2) is 4.98 Å². The van der Waals surface area contributed by atoms with Crippen LogP contribution in [0.15, 0.2) is 48.5 Å². The Labute approximate surface area is 129 Å². The van der Waals surface area contributed by atoms with Crippen molar-refractivity contribution in [2.45, 2.75) is 13.0 Å². The molecule has 0 bridgehead atoms. The zero-order valence-electron chi connectivity index (χ0n) is 12.5. The maximum absolute atomic E-state index is 9.67. The second-order valence-corrected chi connectivity index (χ2v) is 5.09. The van der Waals surface area contributed by atoms with Crippen molar-refractivity contribution in [2.24, 2.45) is 0 Å². The van der Waals surface area contributed by atoms with Crippen LogP contribution in [0, 0.1) is 0 Å². The maximum Gasteiger partial charge on any atom is 0.229 e. The highest BCUT2D eigenvalue weighted by atomic mass is 16.3. The van der Waals surface area contributed by atoms with Gasteiger partial charge in [-0.15, -0.1) is 0 Å². The molecular formula is C17H18N4O. The number of benzene rings is 2. The van der Waals surface area contributed by atoms with Crippen LogP contribution in [-0.2, 0) is 0 Å². The van der Waals surface area contributed by atoms with E-state index in [2.05, 4.69) is 20.6 Å². The molecule has 2 aromatic carbocycles. The summed E-state index contributed by atoms with van der Waals surface area (Å²) in [5.41, 5.74) is 2.56. The van der Waals surface area contributed by atoms with Crippen LogP contribution in [0.2, 0.25) is 0 Å². The first-order chi connectivity index (χ1) is 10.7. The van der Waals surface area contributed by atoms with Gasteiger partial charge in [-0.3, -0.25) is 0 Å². The van der Waals surface area contributed by atoms with Crippen LogP contribution in [0.25, 0.3) is 10.9 Å². The fourth-order valence-electron chi connectivity index (χ4n) is 2.33. The molecule has 0 radical (unpaired) electrons. The van der Waals surface area contributed by atoms with E-state index in [0.717, 1.165) is 28.0 Å². The average molecular weight is 294 g/mol. The number of fused-ring (bicyclic) bond motifs is 1. The lowest BCUT2D eigenvalue weighted by atomic mass is 10.1. The lowest BCUT2D eigenvalue weighted by Gasteiger charge is -2.11. The number of nitrogens with one attached hydrogen (secondary N) is 2. The zero-order chi connectivity index (χ0) is 15.5. The minimum Gasteiger partial charge on any atom is -0.389 e. The van der Waals surface area contributed by atoms with Crippen molar-refractivity contribution in [1.29, 1.82) is 0 Å². The average Bonchev–Trinajstić information content (AvgIpc) is 2.54. The summed E-state index contributed by atoms with van der Waals surface area (Å²) >= 11 is 0. The normalized spacial score (nSPS) is 12.1. The standard InChI is InChI=1S/C17H18N4O/c1-11(22)12-6-5-7-13(10-12)19-17-20-15-9-4-3-8-14(15)16(18-2)21-17/h3-11,22H,1-2H3,(H2,18,19,20,21)/t11-/m0/s1. The first kappa shape index (κ1) is 14.3. The molecule has 0 spiro atoms. The third kappa shape index (κ3) is 2.84. The Kier molecular flexibility index (Phi) is 3.89. The van der Waals surface area contributed by atoms with Gasteiger partial charge in [0.1, 0.15) is 5.82 Å². The van der Waals surface area contributed by atoms with E-state index >= 15 is 0 Å². The second kappa shape index (κ2) is 5.99. The summed E-state index contributed by atoms with van der Waals surface area (Å²) < 4.78 is 0. The Morgan fingerprint density at radius 3 is 2.64 bits per heavy atom. The van der Waals surface area contributed by atoms with Crippen LogP contribution in [-0.4, -0.2) is 22.1 Å². The molecule has 1 atom stereocenters. The van der Waals surface area contributed by atoms with Crippen LogP contribution >= 0.6 is 0 Å². The van der Waals surface area contributed by atoms with Gasteiger partial charge in [0.15, 0.2) is 0 Å². The smallest absolute Gasteiger partial charge is 0.229 e. The molecule has 0 amide bonds. The van der Waals surface area contributed by atoms with E-state index in [9.17, 15) is 5.11 Å². The van der Waals surface area contributed by atoms with Gasteiger partial charge >= 0.3 is 0 Å². The predicted octanol–water partition coefficient (Wildman–Crippen LogP) is 3.47. The van der Waals surface area contributed by atoms with E-state index in [4.69, 9.17) is 0 Å². The van der Waals surface area contributed by atoms with Gasteiger partial charge in [-0.2, -0.15) is 4.98 Å². The van der Waals surface area contributed by atoms with Gasteiger partial charge in [-0.1, -0.05) is 24.3 Å². The molecule has 0 aliphatic carbocycles.